The fraction of sp³-hybridized carbons (Fsp3) is 0.789. The van der Waals surface area contributed by atoms with E-state index in [2.05, 4.69) is 91.8 Å². The van der Waals surface area contributed by atoms with Crippen molar-refractivity contribution in [2.75, 3.05) is 43.9 Å². The van der Waals surface area contributed by atoms with Crippen LogP contribution in [0.1, 0.15) is 117 Å². The summed E-state index contributed by atoms with van der Waals surface area (Å²) in [4.78, 5) is 18.4. The van der Waals surface area contributed by atoms with E-state index in [1.807, 2.05) is 0 Å². The van der Waals surface area contributed by atoms with E-state index in [9.17, 15) is 4.79 Å². The van der Waals surface area contributed by atoms with Gasteiger partial charge in [-0.15, -0.1) is 0 Å². The molecule has 4 fully saturated rings. The fourth-order valence-corrected chi connectivity index (χ4v) is 13.2. The molecule has 3 unspecified atom stereocenters. The summed E-state index contributed by atoms with van der Waals surface area (Å²) in [7, 11) is 2.19. The van der Waals surface area contributed by atoms with E-state index in [1.54, 1.807) is 5.57 Å². The number of H-pyrrole nitrogens is 3. The Morgan fingerprint density at radius 2 is 1.61 bits per heavy atom. The van der Waals surface area contributed by atoms with Crippen LogP contribution in [0.2, 0.25) is 0 Å². The van der Waals surface area contributed by atoms with Crippen molar-refractivity contribution >= 4 is 11.5 Å². The lowest BCUT2D eigenvalue weighted by Crippen LogP contribution is -2.64. The molecule has 5 aliphatic carbocycles. The molecule has 0 spiro atoms. The molecule has 0 amide bonds. The second-order valence-corrected chi connectivity index (χ2v) is 18.8. The maximum Gasteiger partial charge on any atom is 0.287 e. The van der Waals surface area contributed by atoms with E-state index in [0.29, 0.717) is 23.6 Å². The average Bonchev–Trinajstić information content (AvgIpc) is 3.56. The van der Waals surface area contributed by atoms with Crippen molar-refractivity contribution < 1.29 is 0 Å². The van der Waals surface area contributed by atoms with Gasteiger partial charge in [-0.1, -0.05) is 60.1 Å². The van der Waals surface area contributed by atoms with E-state index >= 15 is 0 Å². The topological polar surface area (TPSA) is 110 Å². The molecule has 2 aromatic rings. The highest BCUT2D eigenvalue weighted by molar-refractivity contribution is 5.56. The number of nitrogens with zero attached hydrogens (tertiary/aromatic N) is 3. The maximum absolute atomic E-state index is 13.6. The molecule has 6 aliphatic rings. The van der Waals surface area contributed by atoms with Crippen LogP contribution in [0.15, 0.2) is 16.4 Å². The first-order valence-electron chi connectivity index (χ1n) is 18.4. The highest BCUT2D eigenvalue weighted by Gasteiger charge is 2.69. The number of aromatic amines is 3. The van der Waals surface area contributed by atoms with Crippen molar-refractivity contribution in [1.29, 1.82) is 0 Å². The summed E-state index contributed by atoms with van der Waals surface area (Å²) in [5.74, 6) is 2.33. The number of hydrogen-bond acceptors (Lipinski definition) is 5. The molecule has 0 radical (unpaired) electrons. The van der Waals surface area contributed by atoms with Gasteiger partial charge in [-0.2, -0.15) is 5.10 Å². The third-order valence-corrected chi connectivity index (χ3v) is 15.9. The number of hydrogen-bond donors (Lipinski definition) is 4. The highest BCUT2D eigenvalue weighted by Crippen LogP contribution is 2.75. The van der Waals surface area contributed by atoms with Crippen LogP contribution in [0.25, 0.3) is 0 Å². The first kappa shape index (κ1) is 30.8. The molecule has 2 aromatic heterocycles. The normalized spacial score (nSPS) is 41.4. The minimum atomic E-state index is -0.0318. The first-order valence-corrected chi connectivity index (χ1v) is 18.4. The minimum absolute atomic E-state index is 0.0219. The van der Waals surface area contributed by atoms with Gasteiger partial charge in [-0.3, -0.25) is 20.1 Å². The van der Waals surface area contributed by atoms with Crippen LogP contribution < -0.4 is 16.2 Å². The monoisotopic (exact) mass is 629 g/mol. The van der Waals surface area contributed by atoms with Gasteiger partial charge in [-0.25, -0.2) is 0 Å². The summed E-state index contributed by atoms with van der Waals surface area (Å²) in [5, 5.41) is 14.6. The molecule has 7 atom stereocenters. The highest BCUT2D eigenvalue weighted by atomic mass is 16.1. The number of piperazine rings is 1. The molecule has 1 saturated heterocycles. The van der Waals surface area contributed by atoms with Crippen molar-refractivity contribution in [3.05, 3.63) is 39.0 Å². The Hall–Kier alpha value is -2.48. The van der Waals surface area contributed by atoms with E-state index in [0.717, 1.165) is 57.5 Å². The third kappa shape index (κ3) is 3.82. The molecule has 5 N–H and O–H groups in total. The van der Waals surface area contributed by atoms with Crippen molar-refractivity contribution in [2.24, 2.45) is 39.4 Å². The van der Waals surface area contributed by atoms with Crippen molar-refractivity contribution in [3.63, 3.8) is 0 Å². The summed E-state index contributed by atoms with van der Waals surface area (Å²) >= 11 is 0. The zero-order chi connectivity index (χ0) is 32.7. The molecule has 1 aliphatic heterocycles. The van der Waals surface area contributed by atoms with Gasteiger partial charge in [0.25, 0.3) is 5.56 Å². The van der Waals surface area contributed by atoms with Gasteiger partial charge in [0, 0.05) is 48.3 Å². The predicted octanol–water partition coefficient (Wildman–Crippen LogP) is 6.53. The maximum atomic E-state index is 13.6. The van der Waals surface area contributed by atoms with Gasteiger partial charge in [-0.05, 0) is 104 Å². The second kappa shape index (κ2) is 9.57. The van der Waals surface area contributed by atoms with Crippen molar-refractivity contribution in [2.45, 2.75) is 117 Å². The molecule has 252 valence electrons. The number of nitrogens with one attached hydrogen (secondary N) is 3. The average molecular weight is 630 g/mol. The zero-order valence-corrected chi connectivity index (χ0v) is 29.8. The van der Waals surface area contributed by atoms with Gasteiger partial charge < -0.3 is 15.5 Å². The zero-order valence-electron chi connectivity index (χ0n) is 29.8. The quantitative estimate of drug-likeness (QED) is 0.283. The molecular weight excluding hydrogens is 570 g/mol. The van der Waals surface area contributed by atoms with Gasteiger partial charge in [0.15, 0.2) is 0 Å². The van der Waals surface area contributed by atoms with Crippen LogP contribution in [-0.4, -0.2) is 58.5 Å². The number of aromatic nitrogens is 4. The molecule has 8 nitrogen and oxygen atoms in total. The number of fused-ring (bicyclic) bond motifs is 8. The van der Waals surface area contributed by atoms with Crippen LogP contribution >= 0.6 is 0 Å². The Bertz CT molecular complexity index is 1640. The Balaban J connectivity index is 1.23. The van der Waals surface area contributed by atoms with Crippen LogP contribution in [0.3, 0.4) is 0 Å². The Labute approximate surface area is 275 Å². The summed E-state index contributed by atoms with van der Waals surface area (Å²) in [5.41, 5.74) is 13.8. The third-order valence-electron chi connectivity index (χ3n) is 15.9. The second-order valence-electron chi connectivity index (χ2n) is 18.8. The van der Waals surface area contributed by atoms with Crippen LogP contribution in [0.4, 0.5) is 11.5 Å². The van der Waals surface area contributed by atoms with E-state index < -0.39 is 0 Å². The lowest BCUT2D eigenvalue weighted by atomic mass is 9.33. The van der Waals surface area contributed by atoms with Gasteiger partial charge in [0.1, 0.15) is 11.5 Å². The van der Waals surface area contributed by atoms with Gasteiger partial charge >= 0.3 is 0 Å². The summed E-state index contributed by atoms with van der Waals surface area (Å²) in [6, 6.07) is 0. The Morgan fingerprint density at radius 3 is 2.35 bits per heavy atom. The number of anilines is 2. The smallest absolute Gasteiger partial charge is 0.287 e. The molecule has 3 heterocycles. The van der Waals surface area contributed by atoms with E-state index in [4.69, 9.17) is 5.73 Å². The lowest BCUT2D eigenvalue weighted by Gasteiger charge is -2.71. The van der Waals surface area contributed by atoms with Gasteiger partial charge in [0.05, 0.1) is 5.69 Å². The van der Waals surface area contributed by atoms with Gasteiger partial charge in [0.2, 0.25) is 0 Å². The van der Waals surface area contributed by atoms with E-state index in [-0.39, 0.29) is 38.0 Å². The Kier molecular flexibility index (Phi) is 6.41. The molecule has 8 heteroatoms. The number of nitrogen functional groups attached to an aromatic ring is 1. The predicted molar refractivity (Wildman–Crippen MR) is 186 cm³/mol. The fourth-order valence-electron chi connectivity index (χ4n) is 13.2. The molecule has 3 saturated carbocycles. The summed E-state index contributed by atoms with van der Waals surface area (Å²) in [6.45, 7) is 21.6. The molecule has 46 heavy (non-hydrogen) atoms. The van der Waals surface area contributed by atoms with Crippen molar-refractivity contribution in [3.8, 4) is 0 Å². The molecular formula is C38H59N7O. The standard InChI is InChI=1S/C38H59N7O/c1-33(2)13-15-38(30-28(32(46)43-41-30)45-19-17-44(8)18-20-45)16-14-36(6)24(25(38)22-33)9-10-27-35(5)21-23-29(40-42-31(23)39)34(3,4)26(35)11-12-37(27,36)7/h9,25-27H,10-22H2,1-8H3,(H3,39,40,42)(H2,41,43,46)/t25?,26?,27?,35-,36+,37+,38-/m0/s1. The van der Waals surface area contributed by atoms with Crippen LogP contribution in [0.5, 0.6) is 0 Å². The SMILES string of the molecule is CN1CCN(c2c([C@]34CCC(C)(C)CC3C3=CCC5[C@@]6(C)Cc7c(N)n[nH]c7C(C)(C)C6CC[C@@]5(C)[C@]3(C)CC4)[nH][nH]c2=O)CC1. The first-order chi connectivity index (χ1) is 21.6. The van der Waals surface area contributed by atoms with Crippen LogP contribution in [0, 0.1) is 39.4 Å². The summed E-state index contributed by atoms with van der Waals surface area (Å²) in [6.07, 6.45) is 13.3. The molecule has 0 bridgehead atoms. The largest absolute Gasteiger partial charge is 0.382 e. The summed E-state index contributed by atoms with van der Waals surface area (Å²) < 4.78 is 0. The van der Waals surface area contributed by atoms with Crippen molar-refractivity contribution in [1.82, 2.24) is 25.3 Å². The lowest BCUT2D eigenvalue weighted by molar-refractivity contribution is -0.154. The number of rotatable bonds is 2. The van der Waals surface area contributed by atoms with E-state index in [1.165, 1.54) is 49.1 Å². The Morgan fingerprint density at radius 1 is 0.891 bits per heavy atom. The molecule has 0 aromatic carbocycles. The van der Waals surface area contributed by atoms with Crippen LogP contribution in [-0.2, 0) is 17.3 Å². The number of allylic oxidation sites excluding steroid dienone is 2. The number of likely N-dealkylation sites (N-methyl/N-ethyl adjacent to an activating group) is 1. The number of nitrogens with two attached hydrogens (primary N) is 1. The molecule has 8 rings (SSSR count). The minimum Gasteiger partial charge on any atom is -0.382 e.